The normalized spacial score (nSPS) is 10.9. The van der Waals surface area contributed by atoms with E-state index in [0.717, 1.165) is 10.9 Å². The number of unbranched alkanes of at least 4 members (excludes halogenated alkanes) is 3. The summed E-state index contributed by atoms with van der Waals surface area (Å²) in [6.07, 6.45) is 6.44. The van der Waals surface area contributed by atoms with Crippen LogP contribution in [0.3, 0.4) is 0 Å². The lowest BCUT2D eigenvalue weighted by molar-refractivity contribution is 0.618. The quantitative estimate of drug-likeness (QED) is 0.716. The van der Waals surface area contributed by atoms with Crippen LogP contribution >= 0.6 is 22.9 Å². The third-order valence-electron chi connectivity index (χ3n) is 2.51. The van der Waals surface area contributed by atoms with Crippen molar-refractivity contribution in [3.05, 3.63) is 20.8 Å². The smallest absolute Gasteiger partial charge is 0.0960 e. The highest BCUT2D eigenvalue weighted by Gasteiger charge is 2.02. The highest BCUT2D eigenvalue weighted by atomic mass is 35.5. The second-order valence-electron chi connectivity index (χ2n) is 3.94. The van der Waals surface area contributed by atoms with Gasteiger partial charge in [-0.15, -0.1) is 11.3 Å². The van der Waals surface area contributed by atoms with Crippen molar-refractivity contribution >= 4 is 22.9 Å². The summed E-state index contributed by atoms with van der Waals surface area (Å²) in [5.74, 6) is 0. The Morgan fingerprint density at radius 2 is 2.00 bits per heavy atom. The van der Waals surface area contributed by atoms with E-state index in [9.17, 15) is 0 Å². The van der Waals surface area contributed by atoms with Gasteiger partial charge in [0.2, 0.25) is 0 Å². The summed E-state index contributed by atoms with van der Waals surface area (Å²) in [4.78, 5) is 1.44. The molecule has 0 unspecified atom stereocenters. The van der Waals surface area contributed by atoms with Crippen LogP contribution in [-0.4, -0.2) is 13.6 Å². The van der Waals surface area contributed by atoms with Crippen molar-refractivity contribution in [3.63, 3.8) is 0 Å². The maximum Gasteiger partial charge on any atom is 0.0960 e. The van der Waals surface area contributed by atoms with Gasteiger partial charge in [0, 0.05) is 4.88 Å². The zero-order chi connectivity index (χ0) is 11.1. The van der Waals surface area contributed by atoms with Crippen molar-refractivity contribution in [2.75, 3.05) is 13.6 Å². The molecule has 0 saturated heterocycles. The van der Waals surface area contributed by atoms with Gasteiger partial charge in [-0.3, -0.25) is 0 Å². The summed E-state index contributed by atoms with van der Waals surface area (Å²) in [7, 11) is 2.01. The van der Waals surface area contributed by atoms with Gasteiger partial charge in [0.15, 0.2) is 0 Å². The standard InChI is InChI=1S/C12H20ClNS/c1-10-9-11(15-12(10)13)7-5-3-4-6-8-14-2/h9,14H,3-8H2,1-2H3. The molecule has 86 valence electrons. The molecule has 0 fully saturated rings. The Bertz CT molecular complexity index is 264. The molecule has 1 N–H and O–H groups in total. The monoisotopic (exact) mass is 245 g/mol. The number of aryl methyl sites for hydroxylation is 2. The van der Waals surface area contributed by atoms with Crippen LogP contribution in [0.4, 0.5) is 0 Å². The van der Waals surface area contributed by atoms with Crippen LogP contribution in [0, 0.1) is 6.92 Å². The van der Waals surface area contributed by atoms with Gasteiger partial charge in [-0.25, -0.2) is 0 Å². The van der Waals surface area contributed by atoms with Gasteiger partial charge in [-0.1, -0.05) is 24.4 Å². The molecule has 3 heteroatoms. The van der Waals surface area contributed by atoms with E-state index in [4.69, 9.17) is 11.6 Å². The van der Waals surface area contributed by atoms with Crippen molar-refractivity contribution in [2.45, 2.75) is 39.0 Å². The second kappa shape index (κ2) is 7.26. The molecular formula is C12H20ClNS. The molecule has 0 aromatic carbocycles. The first-order valence-electron chi connectivity index (χ1n) is 5.63. The first-order chi connectivity index (χ1) is 7.24. The van der Waals surface area contributed by atoms with E-state index in [0.29, 0.717) is 0 Å². The molecule has 0 spiro atoms. The number of halogens is 1. The van der Waals surface area contributed by atoms with E-state index in [-0.39, 0.29) is 0 Å². The van der Waals surface area contributed by atoms with E-state index < -0.39 is 0 Å². The summed E-state index contributed by atoms with van der Waals surface area (Å²) >= 11 is 7.76. The van der Waals surface area contributed by atoms with E-state index in [1.807, 2.05) is 7.05 Å². The van der Waals surface area contributed by atoms with Crippen LogP contribution < -0.4 is 5.32 Å². The number of hydrogen-bond acceptors (Lipinski definition) is 2. The SMILES string of the molecule is CNCCCCCCc1cc(C)c(Cl)s1. The van der Waals surface area contributed by atoms with Crippen LogP contribution in [0.1, 0.15) is 36.1 Å². The van der Waals surface area contributed by atoms with E-state index in [2.05, 4.69) is 18.3 Å². The van der Waals surface area contributed by atoms with Gasteiger partial charge < -0.3 is 5.32 Å². The zero-order valence-electron chi connectivity index (χ0n) is 9.61. The van der Waals surface area contributed by atoms with Gasteiger partial charge in [0.1, 0.15) is 0 Å². The Morgan fingerprint density at radius 1 is 1.27 bits per heavy atom. The number of hydrogen-bond donors (Lipinski definition) is 1. The average Bonchev–Trinajstić information content (AvgIpc) is 2.52. The molecule has 1 heterocycles. The lowest BCUT2D eigenvalue weighted by Gasteiger charge is -1.99. The van der Waals surface area contributed by atoms with E-state index >= 15 is 0 Å². The van der Waals surface area contributed by atoms with Crippen LogP contribution in [0.5, 0.6) is 0 Å². The summed E-state index contributed by atoms with van der Waals surface area (Å²) in [6.45, 7) is 3.22. The zero-order valence-corrected chi connectivity index (χ0v) is 11.2. The predicted molar refractivity (Wildman–Crippen MR) is 70.2 cm³/mol. The summed E-state index contributed by atoms with van der Waals surface area (Å²) in [6, 6.07) is 2.22. The van der Waals surface area contributed by atoms with Gasteiger partial charge in [0.05, 0.1) is 4.34 Å². The number of thiophene rings is 1. The van der Waals surface area contributed by atoms with Crippen LogP contribution in [0.2, 0.25) is 4.34 Å². The number of nitrogens with one attached hydrogen (secondary N) is 1. The fourth-order valence-electron chi connectivity index (χ4n) is 1.60. The van der Waals surface area contributed by atoms with Crippen molar-refractivity contribution in [2.24, 2.45) is 0 Å². The molecule has 0 atom stereocenters. The molecule has 15 heavy (non-hydrogen) atoms. The van der Waals surface area contributed by atoms with Crippen molar-refractivity contribution in [1.82, 2.24) is 5.32 Å². The van der Waals surface area contributed by atoms with Crippen molar-refractivity contribution in [1.29, 1.82) is 0 Å². The molecule has 0 aliphatic carbocycles. The lowest BCUT2D eigenvalue weighted by Crippen LogP contribution is -2.06. The van der Waals surface area contributed by atoms with Gasteiger partial charge in [0.25, 0.3) is 0 Å². The fourth-order valence-corrected chi connectivity index (χ4v) is 2.89. The Hall–Kier alpha value is -0.0500. The maximum absolute atomic E-state index is 6.02. The molecule has 1 nitrogen and oxygen atoms in total. The Kier molecular flexibility index (Phi) is 6.30. The topological polar surface area (TPSA) is 12.0 Å². The predicted octanol–water partition coefficient (Wildman–Crippen LogP) is 4.03. The van der Waals surface area contributed by atoms with E-state index in [1.54, 1.807) is 11.3 Å². The molecule has 0 amide bonds. The molecule has 0 aliphatic rings. The Balaban J connectivity index is 2.10. The number of rotatable bonds is 7. The molecular weight excluding hydrogens is 226 g/mol. The maximum atomic E-state index is 6.02. The minimum atomic E-state index is 0.959. The molecule has 1 rings (SSSR count). The molecule has 0 saturated carbocycles. The molecule has 1 aromatic rings. The van der Waals surface area contributed by atoms with Gasteiger partial charge >= 0.3 is 0 Å². The van der Waals surface area contributed by atoms with Crippen LogP contribution in [0.25, 0.3) is 0 Å². The lowest BCUT2D eigenvalue weighted by atomic mass is 10.1. The highest BCUT2D eigenvalue weighted by molar-refractivity contribution is 7.16. The van der Waals surface area contributed by atoms with Crippen LogP contribution in [0.15, 0.2) is 6.07 Å². The average molecular weight is 246 g/mol. The van der Waals surface area contributed by atoms with Crippen molar-refractivity contribution < 1.29 is 0 Å². The second-order valence-corrected chi connectivity index (χ2v) is 5.68. The third-order valence-corrected chi connectivity index (χ3v) is 4.12. The van der Waals surface area contributed by atoms with Crippen LogP contribution in [-0.2, 0) is 6.42 Å². The minimum absolute atomic E-state index is 0.959. The molecule has 1 aromatic heterocycles. The van der Waals surface area contributed by atoms with Gasteiger partial charge in [-0.05, 0) is 51.4 Å². The summed E-state index contributed by atoms with van der Waals surface area (Å²) in [5.41, 5.74) is 1.23. The minimum Gasteiger partial charge on any atom is -0.320 e. The largest absolute Gasteiger partial charge is 0.320 e. The molecule has 0 aliphatic heterocycles. The molecule has 0 bridgehead atoms. The van der Waals surface area contributed by atoms with Crippen molar-refractivity contribution in [3.8, 4) is 0 Å². The third kappa shape index (κ3) is 5.01. The first-order valence-corrected chi connectivity index (χ1v) is 6.83. The summed E-state index contributed by atoms with van der Waals surface area (Å²) < 4.78 is 0.959. The molecule has 0 radical (unpaired) electrons. The fraction of sp³-hybridized carbons (Fsp3) is 0.667. The summed E-state index contributed by atoms with van der Waals surface area (Å²) in [5, 5.41) is 3.17. The Labute approximate surface area is 102 Å². The first kappa shape index (κ1) is 13.0. The Morgan fingerprint density at radius 3 is 2.60 bits per heavy atom. The van der Waals surface area contributed by atoms with Gasteiger partial charge in [-0.2, -0.15) is 0 Å². The van der Waals surface area contributed by atoms with E-state index in [1.165, 1.54) is 42.5 Å². The highest BCUT2D eigenvalue weighted by Crippen LogP contribution is 2.27.